The van der Waals surface area contributed by atoms with Crippen LogP contribution in [0.3, 0.4) is 0 Å². The second kappa shape index (κ2) is 5.13. The molecule has 0 aliphatic heterocycles. The van der Waals surface area contributed by atoms with Crippen molar-refractivity contribution in [2.45, 2.75) is 26.7 Å². The Morgan fingerprint density at radius 2 is 1.95 bits per heavy atom. The Labute approximate surface area is 124 Å². The second-order valence-corrected chi connectivity index (χ2v) is 5.60. The Morgan fingerprint density at radius 3 is 2.71 bits per heavy atom. The number of aryl methyl sites for hydroxylation is 1. The van der Waals surface area contributed by atoms with Crippen molar-refractivity contribution in [3.05, 3.63) is 47.5 Å². The maximum absolute atomic E-state index is 5.92. The van der Waals surface area contributed by atoms with E-state index in [2.05, 4.69) is 42.0 Å². The third-order valence-electron chi connectivity index (χ3n) is 3.57. The molecule has 0 saturated carbocycles. The fourth-order valence-corrected chi connectivity index (χ4v) is 2.24. The lowest BCUT2D eigenvalue weighted by Gasteiger charge is -2.10. The Morgan fingerprint density at radius 1 is 1.14 bits per heavy atom. The highest BCUT2D eigenvalue weighted by atomic mass is 16.5. The molecule has 108 valence electrons. The number of nitrogens with two attached hydrogens (primary N) is 1. The molecule has 3 rings (SSSR count). The van der Waals surface area contributed by atoms with Gasteiger partial charge in [-0.25, -0.2) is 0 Å². The highest BCUT2D eigenvalue weighted by Crippen LogP contribution is 2.28. The summed E-state index contributed by atoms with van der Waals surface area (Å²) in [5.41, 5.74) is 10.5. The van der Waals surface area contributed by atoms with Crippen LogP contribution in [0.25, 0.3) is 11.0 Å². The van der Waals surface area contributed by atoms with Gasteiger partial charge in [-0.15, -0.1) is 0 Å². The number of hydrogen-bond donors (Lipinski definition) is 2. The monoisotopic (exact) mass is 281 g/mol. The van der Waals surface area contributed by atoms with E-state index in [9.17, 15) is 0 Å². The van der Waals surface area contributed by atoms with Gasteiger partial charge >= 0.3 is 0 Å². The van der Waals surface area contributed by atoms with Crippen LogP contribution in [0.1, 0.15) is 30.9 Å². The van der Waals surface area contributed by atoms with E-state index in [4.69, 9.17) is 10.5 Å². The number of fused-ring (bicyclic) bond motifs is 1. The normalized spacial score (nSPS) is 11.2. The summed E-state index contributed by atoms with van der Waals surface area (Å²) < 4.78 is 5.92. The van der Waals surface area contributed by atoms with Crippen LogP contribution in [-0.2, 0) is 0 Å². The van der Waals surface area contributed by atoms with Crippen LogP contribution in [-0.4, -0.2) is 9.97 Å². The van der Waals surface area contributed by atoms with E-state index in [0.717, 1.165) is 22.3 Å². The number of anilines is 1. The quantitative estimate of drug-likeness (QED) is 0.701. The van der Waals surface area contributed by atoms with Crippen LogP contribution >= 0.6 is 0 Å². The third-order valence-corrected chi connectivity index (χ3v) is 3.57. The van der Waals surface area contributed by atoms with Crippen molar-refractivity contribution in [2.75, 3.05) is 5.73 Å². The smallest absolute Gasteiger partial charge is 0.300 e. The summed E-state index contributed by atoms with van der Waals surface area (Å²) in [5.74, 6) is 1.29. The van der Waals surface area contributed by atoms with Crippen molar-refractivity contribution in [1.29, 1.82) is 0 Å². The molecule has 0 unspecified atom stereocenters. The highest BCUT2D eigenvalue weighted by Gasteiger charge is 2.09. The summed E-state index contributed by atoms with van der Waals surface area (Å²) in [5, 5.41) is 0. The number of imidazole rings is 1. The number of H-pyrrole nitrogens is 1. The molecule has 1 aromatic heterocycles. The number of rotatable bonds is 3. The largest absolute Gasteiger partial charge is 0.425 e. The number of aromatic amines is 1. The predicted molar refractivity (Wildman–Crippen MR) is 85.8 cm³/mol. The van der Waals surface area contributed by atoms with Gasteiger partial charge in [0.15, 0.2) is 0 Å². The number of aromatic nitrogens is 2. The molecule has 4 nitrogen and oxygen atoms in total. The number of hydrogen-bond acceptors (Lipinski definition) is 3. The third kappa shape index (κ3) is 2.70. The second-order valence-electron chi connectivity index (χ2n) is 5.60. The molecule has 0 fully saturated rings. The van der Waals surface area contributed by atoms with Crippen LogP contribution in [0.4, 0.5) is 5.69 Å². The molecule has 0 spiro atoms. The summed E-state index contributed by atoms with van der Waals surface area (Å²) in [7, 11) is 0. The van der Waals surface area contributed by atoms with Gasteiger partial charge in [0.05, 0.1) is 11.0 Å². The fraction of sp³-hybridized carbons (Fsp3) is 0.235. The lowest BCUT2D eigenvalue weighted by molar-refractivity contribution is 0.445. The van der Waals surface area contributed by atoms with Crippen molar-refractivity contribution in [3.63, 3.8) is 0 Å². The van der Waals surface area contributed by atoms with Gasteiger partial charge in [0.1, 0.15) is 5.75 Å². The fourth-order valence-electron chi connectivity index (χ4n) is 2.24. The maximum atomic E-state index is 5.92. The average molecular weight is 281 g/mol. The van der Waals surface area contributed by atoms with Gasteiger partial charge < -0.3 is 15.5 Å². The molecule has 0 atom stereocenters. The van der Waals surface area contributed by atoms with Gasteiger partial charge in [0, 0.05) is 5.69 Å². The molecule has 21 heavy (non-hydrogen) atoms. The van der Waals surface area contributed by atoms with Crippen LogP contribution in [0.2, 0.25) is 0 Å². The Balaban J connectivity index is 1.96. The molecule has 1 heterocycles. The molecule has 0 aliphatic rings. The van der Waals surface area contributed by atoms with E-state index in [1.54, 1.807) is 0 Å². The maximum Gasteiger partial charge on any atom is 0.300 e. The van der Waals surface area contributed by atoms with Crippen molar-refractivity contribution in [1.82, 2.24) is 9.97 Å². The summed E-state index contributed by atoms with van der Waals surface area (Å²) >= 11 is 0. The molecule has 2 aromatic carbocycles. The summed E-state index contributed by atoms with van der Waals surface area (Å²) in [6, 6.07) is 12.3. The lowest BCUT2D eigenvalue weighted by atomic mass is 10.0. The topological polar surface area (TPSA) is 63.9 Å². The Kier molecular flexibility index (Phi) is 3.29. The van der Waals surface area contributed by atoms with Crippen LogP contribution in [0, 0.1) is 6.92 Å². The minimum absolute atomic E-state index is 0.462. The van der Waals surface area contributed by atoms with E-state index in [1.807, 2.05) is 25.1 Å². The van der Waals surface area contributed by atoms with Gasteiger partial charge in [-0.2, -0.15) is 4.98 Å². The van der Waals surface area contributed by atoms with Crippen molar-refractivity contribution >= 4 is 16.7 Å². The molecular formula is C17H19N3O. The summed E-state index contributed by atoms with van der Waals surface area (Å²) in [6.07, 6.45) is 0. The predicted octanol–water partition coefficient (Wildman–Crippen LogP) is 4.37. The Bertz CT molecular complexity index is 790. The SMILES string of the molecule is Cc1ccc(C(C)C)cc1Oc1nc2ccc(N)cc2[nH]1. The molecule has 0 bridgehead atoms. The zero-order valence-electron chi connectivity index (χ0n) is 12.5. The molecule has 0 saturated heterocycles. The number of ether oxygens (including phenoxy) is 1. The highest BCUT2D eigenvalue weighted by molar-refractivity contribution is 5.79. The molecule has 0 radical (unpaired) electrons. The van der Waals surface area contributed by atoms with Gasteiger partial charge in [-0.3, -0.25) is 0 Å². The number of nitrogens with zero attached hydrogens (tertiary/aromatic N) is 1. The van der Waals surface area contributed by atoms with Gasteiger partial charge in [0.2, 0.25) is 0 Å². The van der Waals surface area contributed by atoms with E-state index >= 15 is 0 Å². The molecule has 0 aliphatic carbocycles. The van der Waals surface area contributed by atoms with E-state index in [0.29, 0.717) is 17.6 Å². The first kappa shape index (κ1) is 13.5. The zero-order chi connectivity index (χ0) is 15.0. The minimum atomic E-state index is 0.462. The molecule has 3 N–H and O–H groups in total. The first-order chi connectivity index (χ1) is 10.0. The zero-order valence-corrected chi connectivity index (χ0v) is 12.5. The summed E-state index contributed by atoms with van der Waals surface area (Å²) in [6.45, 7) is 6.36. The number of nitrogens with one attached hydrogen (secondary N) is 1. The van der Waals surface area contributed by atoms with Crippen LogP contribution in [0.15, 0.2) is 36.4 Å². The number of nitrogen functional groups attached to an aromatic ring is 1. The average Bonchev–Trinajstić information content (AvgIpc) is 2.82. The molecule has 0 amide bonds. The van der Waals surface area contributed by atoms with E-state index in [-0.39, 0.29) is 0 Å². The van der Waals surface area contributed by atoms with E-state index in [1.165, 1.54) is 5.56 Å². The van der Waals surface area contributed by atoms with Crippen molar-refractivity contribution < 1.29 is 4.74 Å². The molecule has 3 aromatic rings. The molecular weight excluding hydrogens is 262 g/mol. The van der Waals surface area contributed by atoms with Gasteiger partial charge in [-0.05, 0) is 48.2 Å². The van der Waals surface area contributed by atoms with Crippen LogP contribution in [0.5, 0.6) is 11.8 Å². The minimum Gasteiger partial charge on any atom is -0.425 e. The number of benzene rings is 2. The Hall–Kier alpha value is -2.49. The summed E-state index contributed by atoms with van der Waals surface area (Å²) in [4.78, 5) is 7.58. The van der Waals surface area contributed by atoms with E-state index < -0.39 is 0 Å². The first-order valence-corrected chi connectivity index (χ1v) is 7.06. The van der Waals surface area contributed by atoms with Gasteiger partial charge in [0.25, 0.3) is 6.01 Å². The molecule has 4 heteroatoms. The standard InChI is InChI=1S/C17H19N3O/c1-10(2)12-5-4-11(3)16(8-12)21-17-19-14-7-6-13(18)9-15(14)20-17/h4-10H,18H2,1-3H3,(H,19,20). The first-order valence-electron chi connectivity index (χ1n) is 7.06. The van der Waals surface area contributed by atoms with Crippen molar-refractivity contribution in [3.8, 4) is 11.8 Å². The van der Waals surface area contributed by atoms with Crippen LogP contribution < -0.4 is 10.5 Å². The van der Waals surface area contributed by atoms with Crippen molar-refractivity contribution in [2.24, 2.45) is 0 Å². The lowest BCUT2D eigenvalue weighted by Crippen LogP contribution is -1.93. The van der Waals surface area contributed by atoms with Gasteiger partial charge in [-0.1, -0.05) is 26.0 Å².